The van der Waals surface area contributed by atoms with Gasteiger partial charge in [-0.3, -0.25) is 14.9 Å². The van der Waals surface area contributed by atoms with Gasteiger partial charge in [-0.2, -0.15) is 0 Å². The minimum atomic E-state index is -0.880. The molecule has 1 unspecified atom stereocenters. The molecular formula is C15H16N4O4. The van der Waals surface area contributed by atoms with Gasteiger partial charge in [0, 0.05) is 12.5 Å². The Kier molecular flexibility index (Phi) is 5.56. The molecule has 1 heterocycles. The molecule has 0 amide bonds. The summed E-state index contributed by atoms with van der Waals surface area (Å²) < 4.78 is 0. The van der Waals surface area contributed by atoms with Crippen molar-refractivity contribution >= 4 is 17.6 Å². The van der Waals surface area contributed by atoms with Crippen molar-refractivity contribution in [2.75, 3.05) is 5.32 Å². The van der Waals surface area contributed by atoms with Crippen LogP contribution in [0.1, 0.15) is 18.4 Å². The molecule has 23 heavy (non-hydrogen) atoms. The fourth-order valence-electron chi connectivity index (χ4n) is 2.09. The van der Waals surface area contributed by atoms with Crippen molar-refractivity contribution in [3.63, 3.8) is 0 Å². The highest BCUT2D eigenvalue weighted by Gasteiger charge is 2.14. The monoisotopic (exact) mass is 316 g/mol. The first-order valence-electron chi connectivity index (χ1n) is 7.03. The van der Waals surface area contributed by atoms with Crippen LogP contribution in [0.25, 0.3) is 0 Å². The third-order valence-corrected chi connectivity index (χ3v) is 3.21. The van der Waals surface area contributed by atoms with E-state index in [2.05, 4.69) is 15.3 Å². The van der Waals surface area contributed by atoms with Crippen LogP contribution in [0.4, 0.5) is 11.6 Å². The van der Waals surface area contributed by atoms with Crippen LogP contribution in [-0.2, 0) is 11.2 Å². The largest absolute Gasteiger partial charge is 0.481 e. The normalized spacial score (nSPS) is 11.7. The molecule has 0 fully saturated rings. The Morgan fingerprint density at radius 1 is 1.26 bits per heavy atom. The van der Waals surface area contributed by atoms with E-state index in [0.717, 1.165) is 18.0 Å². The average molecular weight is 316 g/mol. The zero-order valence-corrected chi connectivity index (χ0v) is 12.3. The second kappa shape index (κ2) is 7.83. The third kappa shape index (κ3) is 5.34. The number of aromatic nitrogens is 2. The fraction of sp³-hybridized carbons (Fsp3) is 0.267. The van der Waals surface area contributed by atoms with E-state index in [0.29, 0.717) is 12.8 Å². The van der Waals surface area contributed by atoms with E-state index in [1.54, 1.807) is 0 Å². The number of nitrogens with one attached hydrogen (secondary N) is 1. The Hall–Kier alpha value is -3.03. The van der Waals surface area contributed by atoms with Gasteiger partial charge in [0.05, 0.1) is 4.92 Å². The highest BCUT2D eigenvalue weighted by atomic mass is 16.6. The molecular weight excluding hydrogens is 300 g/mol. The summed E-state index contributed by atoms with van der Waals surface area (Å²) in [6.45, 7) is 0. The number of nitrogens with zero attached hydrogens (tertiary/aromatic N) is 3. The maximum atomic E-state index is 10.8. The summed E-state index contributed by atoms with van der Waals surface area (Å²) >= 11 is 0. The smallest absolute Gasteiger partial charge is 0.305 e. The molecule has 1 aromatic heterocycles. The van der Waals surface area contributed by atoms with E-state index < -0.39 is 10.9 Å². The lowest BCUT2D eigenvalue weighted by Crippen LogP contribution is -2.24. The molecule has 1 aromatic carbocycles. The molecule has 0 bridgehead atoms. The Balaban J connectivity index is 2.06. The predicted octanol–water partition coefficient (Wildman–Crippen LogP) is 2.27. The molecule has 2 aromatic rings. The molecule has 2 N–H and O–H groups in total. The number of rotatable bonds is 8. The van der Waals surface area contributed by atoms with Gasteiger partial charge in [0.1, 0.15) is 12.4 Å². The first-order valence-corrected chi connectivity index (χ1v) is 7.03. The lowest BCUT2D eigenvalue weighted by molar-refractivity contribution is -0.385. The van der Waals surface area contributed by atoms with Crippen LogP contribution >= 0.6 is 0 Å². The third-order valence-electron chi connectivity index (χ3n) is 3.21. The maximum Gasteiger partial charge on any atom is 0.305 e. The Bertz CT molecular complexity index is 661. The second-order valence-electron chi connectivity index (χ2n) is 4.99. The molecule has 0 aliphatic rings. The lowest BCUT2D eigenvalue weighted by Gasteiger charge is -2.18. The van der Waals surface area contributed by atoms with Gasteiger partial charge in [-0.15, -0.1) is 0 Å². The number of carboxylic acids is 1. The molecule has 0 spiro atoms. The van der Waals surface area contributed by atoms with Crippen molar-refractivity contribution in [2.45, 2.75) is 25.3 Å². The molecule has 0 aliphatic heterocycles. The molecule has 2 rings (SSSR count). The van der Waals surface area contributed by atoms with Gasteiger partial charge >= 0.3 is 11.7 Å². The van der Waals surface area contributed by atoms with Crippen LogP contribution in [0, 0.1) is 10.1 Å². The SMILES string of the molecule is O=C(O)CCC(Cc1ccccc1)Nc1ncc([N+](=O)[O-])cn1. The molecule has 120 valence electrons. The van der Waals surface area contributed by atoms with Crippen LogP contribution in [0.2, 0.25) is 0 Å². The van der Waals surface area contributed by atoms with E-state index in [-0.39, 0.29) is 24.1 Å². The van der Waals surface area contributed by atoms with Crippen LogP contribution in [-0.4, -0.2) is 32.0 Å². The summed E-state index contributed by atoms with van der Waals surface area (Å²) in [6.07, 6.45) is 3.24. The van der Waals surface area contributed by atoms with Gasteiger partial charge in [0.25, 0.3) is 0 Å². The van der Waals surface area contributed by atoms with Crippen LogP contribution in [0.3, 0.4) is 0 Å². The van der Waals surface area contributed by atoms with Crippen molar-refractivity contribution in [3.05, 3.63) is 58.4 Å². The molecule has 8 nitrogen and oxygen atoms in total. The molecule has 1 atom stereocenters. The number of aliphatic carboxylic acids is 1. The quantitative estimate of drug-likeness (QED) is 0.566. The Labute approximate surface area is 132 Å². The van der Waals surface area contributed by atoms with E-state index in [4.69, 9.17) is 5.11 Å². The lowest BCUT2D eigenvalue weighted by atomic mass is 10.0. The summed E-state index contributed by atoms with van der Waals surface area (Å²) in [6, 6.07) is 9.44. The molecule has 0 radical (unpaired) electrons. The van der Waals surface area contributed by atoms with Crippen LogP contribution in [0.15, 0.2) is 42.7 Å². The topological polar surface area (TPSA) is 118 Å². The predicted molar refractivity (Wildman–Crippen MR) is 83.1 cm³/mol. The van der Waals surface area contributed by atoms with E-state index >= 15 is 0 Å². The maximum absolute atomic E-state index is 10.8. The number of benzene rings is 1. The zero-order valence-electron chi connectivity index (χ0n) is 12.3. The van der Waals surface area contributed by atoms with Gasteiger partial charge in [0.2, 0.25) is 5.95 Å². The zero-order chi connectivity index (χ0) is 16.7. The Morgan fingerprint density at radius 3 is 2.48 bits per heavy atom. The number of anilines is 1. The molecule has 8 heteroatoms. The highest BCUT2D eigenvalue weighted by molar-refractivity contribution is 5.66. The summed E-state index contributed by atoms with van der Waals surface area (Å²) in [4.78, 5) is 28.6. The standard InChI is InChI=1S/C15H16N4O4/c20-14(21)7-6-12(8-11-4-2-1-3-5-11)18-15-16-9-13(10-17-15)19(22)23/h1-5,9-10,12H,6-8H2,(H,20,21)(H,16,17,18). The van der Waals surface area contributed by atoms with Crippen molar-refractivity contribution in [1.82, 2.24) is 9.97 Å². The summed E-state index contributed by atoms with van der Waals surface area (Å²) in [5.74, 6) is -0.642. The summed E-state index contributed by atoms with van der Waals surface area (Å²) in [5, 5.41) is 22.5. The minimum absolute atomic E-state index is 0.0114. The van der Waals surface area contributed by atoms with Gasteiger partial charge in [-0.1, -0.05) is 30.3 Å². The van der Waals surface area contributed by atoms with E-state index in [1.165, 1.54) is 0 Å². The number of carboxylic acid groups (broad SMARTS) is 1. The number of hydrogen-bond donors (Lipinski definition) is 2. The first-order chi connectivity index (χ1) is 11.0. The summed E-state index contributed by atoms with van der Waals surface area (Å²) in [7, 11) is 0. The van der Waals surface area contributed by atoms with Crippen molar-refractivity contribution in [1.29, 1.82) is 0 Å². The van der Waals surface area contributed by atoms with Gasteiger partial charge in [-0.25, -0.2) is 9.97 Å². The second-order valence-corrected chi connectivity index (χ2v) is 4.99. The van der Waals surface area contributed by atoms with Crippen molar-refractivity contribution in [3.8, 4) is 0 Å². The number of nitro groups is 1. The van der Waals surface area contributed by atoms with Crippen LogP contribution in [0.5, 0.6) is 0 Å². The number of hydrogen-bond acceptors (Lipinski definition) is 6. The van der Waals surface area contributed by atoms with E-state index in [1.807, 2.05) is 30.3 Å². The molecule has 0 saturated carbocycles. The summed E-state index contributed by atoms with van der Waals surface area (Å²) in [5.41, 5.74) is 0.859. The average Bonchev–Trinajstić information content (AvgIpc) is 2.54. The molecule has 0 saturated heterocycles. The Morgan fingerprint density at radius 2 is 1.91 bits per heavy atom. The van der Waals surface area contributed by atoms with Gasteiger partial charge in [0.15, 0.2) is 0 Å². The van der Waals surface area contributed by atoms with Gasteiger partial charge < -0.3 is 10.4 Å². The minimum Gasteiger partial charge on any atom is -0.481 e. The van der Waals surface area contributed by atoms with Gasteiger partial charge in [-0.05, 0) is 18.4 Å². The van der Waals surface area contributed by atoms with E-state index in [9.17, 15) is 14.9 Å². The van der Waals surface area contributed by atoms with Crippen LogP contribution < -0.4 is 5.32 Å². The van der Waals surface area contributed by atoms with Crippen molar-refractivity contribution < 1.29 is 14.8 Å². The first kappa shape index (κ1) is 16.3. The fourth-order valence-corrected chi connectivity index (χ4v) is 2.09. The number of carbonyl (C=O) groups is 1. The van der Waals surface area contributed by atoms with Crippen molar-refractivity contribution in [2.24, 2.45) is 0 Å². The molecule has 0 aliphatic carbocycles. The highest BCUT2D eigenvalue weighted by Crippen LogP contribution is 2.14.